The monoisotopic (exact) mass is 297 g/mol. The van der Waals surface area contributed by atoms with Gasteiger partial charge in [-0.25, -0.2) is 4.68 Å². The summed E-state index contributed by atoms with van der Waals surface area (Å²) in [5.41, 5.74) is 1.59. The first-order valence-corrected chi connectivity index (χ1v) is 6.92. The number of nitrogens with one attached hydrogen (secondary N) is 1. The van der Waals surface area contributed by atoms with E-state index in [1.165, 1.54) is 6.33 Å². The van der Waals surface area contributed by atoms with Crippen LogP contribution in [0.25, 0.3) is 5.69 Å². The SMILES string of the molecule is O=C(CCCn1cccn1)Nc1ccc(-n2cnnn2)cc1. The summed E-state index contributed by atoms with van der Waals surface area (Å²) in [5, 5.41) is 17.9. The second kappa shape index (κ2) is 6.61. The summed E-state index contributed by atoms with van der Waals surface area (Å²) in [5.74, 6) is -0.0117. The average molecular weight is 297 g/mol. The Bertz CT molecular complexity index is 704. The van der Waals surface area contributed by atoms with Gasteiger partial charge in [0.15, 0.2) is 0 Å². The van der Waals surface area contributed by atoms with Crippen LogP contribution < -0.4 is 5.32 Å². The van der Waals surface area contributed by atoms with Crippen molar-refractivity contribution < 1.29 is 4.79 Å². The molecule has 0 aliphatic heterocycles. The standard InChI is InChI=1S/C14H15N7O/c22-14(3-1-9-20-10-2-8-16-20)17-12-4-6-13(7-5-12)21-11-15-18-19-21/h2,4-8,10-11H,1,3,9H2,(H,17,22). The molecule has 0 aliphatic carbocycles. The number of carbonyl (C=O) groups excluding carboxylic acids is 1. The number of hydrogen-bond acceptors (Lipinski definition) is 5. The van der Waals surface area contributed by atoms with E-state index in [-0.39, 0.29) is 5.91 Å². The molecule has 0 aliphatic rings. The zero-order chi connectivity index (χ0) is 15.2. The number of benzene rings is 1. The maximum Gasteiger partial charge on any atom is 0.224 e. The molecule has 0 saturated carbocycles. The lowest BCUT2D eigenvalue weighted by molar-refractivity contribution is -0.116. The number of nitrogens with zero attached hydrogens (tertiary/aromatic N) is 6. The van der Waals surface area contributed by atoms with Crippen LogP contribution in [0.3, 0.4) is 0 Å². The fourth-order valence-electron chi connectivity index (χ4n) is 2.03. The lowest BCUT2D eigenvalue weighted by Crippen LogP contribution is -2.12. The van der Waals surface area contributed by atoms with Crippen molar-refractivity contribution in [2.75, 3.05) is 5.32 Å². The molecule has 0 spiro atoms. The van der Waals surface area contributed by atoms with Gasteiger partial charge in [0.1, 0.15) is 6.33 Å². The van der Waals surface area contributed by atoms with E-state index >= 15 is 0 Å². The van der Waals surface area contributed by atoms with Crippen LogP contribution in [-0.4, -0.2) is 35.9 Å². The van der Waals surface area contributed by atoms with Gasteiger partial charge in [-0.3, -0.25) is 9.48 Å². The van der Waals surface area contributed by atoms with E-state index in [1.54, 1.807) is 10.9 Å². The van der Waals surface area contributed by atoms with Gasteiger partial charge in [0.05, 0.1) is 5.69 Å². The molecule has 112 valence electrons. The van der Waals surface area contributed by atoms with Gasteiger partial charge in [0.25, 0.3) is 0 Å². The number of anilines is 1. The Balaban J connectivity index is 1.49. The van der Waals surface area contributed by atoms with Crippen LogP contribution in [0.5, 0.6) is 0 Å². The summed E-state index contributed by atoms with van der Waals surface area (Å²) in [6, 6.07) is 9.20. The Labute approximate surface area is 126 Å². The Hall–Kier alpha value is -3.03. The highest BCUT2D eigenvalue weighted by molar-refractivity contribution is 5.90. The minimum atomic E-state index is -0.0117. The minimum absolute atomic E-state index is 0.0117. The fraction of sp³-hybridized carbons (Fsp3) is 0.214. The summed E-state index contributed by atoms with van der Waals surface area (Å²) in [6.07, 6.45) is 6.33. The highest BCUT2D eigenvalue weighted by atomic mass is 16.1. The average Bonchev–Trinajstić information content (AvgIpc) is 3.21. The predicted molar refractivity (Wildman–Crippen MR) is 79.2 cm³/mol. The van der Waals surface area contributed by atoms with Crippen molar-refractivity contribution in [3.05, 3.63) is 49.1 Å². The van der Waals surface area contributed by atoms with Gasteiger partial charge in [0.2, 0.25) is 5.91 Å². The third-order valence-electron chi connectivity index (χ3n) is 3.11. The van der Waals surface area contributed by atoms with E-state index in [0.29, 0.717) is 6.42 Å². The minimum Gasteiger partial charge on any atom is -0.326 e. The molecule has 8 heteroatoms. The smallest absolute Gasteiger partial charge is 0.224 e. The normalized spacial score (nSPS) is 10.5. The van der Waals surface area contributed by atoms with Crippen LogP contribution in [0.15, 0.2) is 49.1 Å². The van der Waals surface area contributed by atoms with Gasteiger partial charge in [-0.2, -0.15) is 5.10 Å². The summed E-state index contributed by atoms with van der Waals surface area (Å²) in [4.78, 5) is 11.9. The van der Waals surface area contributed by atoms with Crippen LogP contribution in [0.2, 0.25) is 0 Å². The fourth-order valence-corrected chi connectivity index (χ4v) is 2.03. The van der Waals surface area contributed by atoms with Crippen molar-refractivity contribution >= 4 is 11.6 Å². The van der Waals surface area contributed by atoms with E-state index in [4.69, 9.17) is 0 Å². The molecule has 0 atom stereocenters. The van der Waals surface area contributed by atoms with Crippen molar-refractivity contribution in [1.82, 2.24) is 30.0 Å². The highest BCUT2D eigenvalue weighted by Crippen LogP contribution is 2.12. The highest BCUT2D eigenvalue weighted by Gasteiger charge is 2.04. The number of aryl methyl sites for hydroxylation is 1. The molecule has 0 fully saturated rings. The van der Waals surface area contributed by atoms with Crippen molar-refractivity contribution in [3.63, 3.8) is 0 Å². The molecule has 1 N–H and O–H groups in total. The van der Waals surface area contributed by atoms with Crippen LogP contribution >= 0.6 is 0 Å². The van der Waals surface area contributed by atoms with Gasteiger partial charge < -0.3 is 5.32 Å². The maximum atomic E-state index is 11.9. The van der Waals surface area contributed by atoms with Gasteiger partial charge in [-0.15, -0.1) is 5.10 Å². The molecule has 8 nitrogen and oxygen atoms in total. The number of amides is 1. The van der Waals surface area contributed by atoms with Gasteiger partial charge in [-0.1, -0.05) is 0 Å². The number of carbonyl (C=O) groups is 1. The molecule has 22 heavy (non-hydrogen) atoms. The molecule has 2 heterocycles. The maximum absolute atomic E-state index is 11.9. The predicted octanol–water partition coefficient (Wildman–Crippen LogP) is 1.28. The van der Waals surface area contributed by atoms with Crippen LogP contribution in [0, 0.1) is 0 Å². The molecule has 1 aromatic carbocycles. The van der Waals surface area contributed by atoms with E-state index in [2.05, 4.69) is 25.9 Å². The Morgan fingerprint density at radius 1 is 1.23 bits per heavy atom. The van der Waals surface area contributed by atoms with E-state index in [9.17, 15) is 4.79 Å². The molecular formula is C14H15N7O. The Kier molecular flexibility index (Phi) is 4.19. The van der Waals surface area contributed by atoms with Crippen molar-refractivity contribution in [1.29, 1.82) is 0 Å². The van der Waals surface area contributed by atoms with E-state index in [1.807, 2.05) is 41.2 Å². The topological polar surface area (TPSA) is 90.5 Å². The molecule has 0 radical (unpaired) electrons. The Morgan fingerprint density at radius 3 is 2.77 bits per heavy atom. The largest absolute Gasteiger partial charge is 0.326 e. The molecule has 3 rings (SSSR count). The number of tetrazole rings is 1. The third-order valence-corrected chi connectivity index (χ3v) is 3.11. The number of rotatable bonds is 6. The van der Waals surface area contributed by atoms with E-state index < -0.39 is 0 Å². The molecule has 0 bridgehead atoms. The van der Waals surface area contributed by atoms with Crippen LogP contribution in [-0.2, 0) is 11.3 Å². The van der Waals surface area contributed by atoms with Gasteiger partial charge >= 0.3 is 0 Å². The van der Waals surface area contributed by atoms with Gasteiger partial charge in [-0.05, 0) is 47.2 Å². The zero-order valence-corrected chi connectivity index (χ0v) is 11.8. The molecular weight excluding hydrogens is 282 g/mol. The summed E-state index contributed by atoms with van der Waals surface area (Å²) in [7, 11) is 0. The first-order valence-electron chi connectivity index (χ1n) is 6.92. The molecule has 3 aromatic rings. The molecule has 2 aromatic heterocycles. The number of hydrogen-bond donors (Lipinski definition) is 1. The third kappa shape index (κ3) is 3.54. The molecule has 0 unspecified atom stereocenters. The Morgan fingerprint density at radius 2 is 2.09 bits per heavy atom. The van der Waals surface area contributed by atoms with Crippen molar-refractivity contribution in [2.24, 2.45) is 0 Å². The second-order valence-electron chi connectivity index (χ2n) is 4.72. The lowest BCUT2D eigenvalue weighted by atomic mass is 10.2. The quantitative estimate of drug-likeness (QED) is 0.740. The summed E-state index contributed by atoms with van der Waals surface area (Å²) < 4.78 is 3.36. The lowest BCUT2D eigenvalue weighted by Gasteiger charge is -2.06. The molecule has 0 saturated heterocycles. The van der Waals surface area contributed by atoms with E-state index in [0.717, 1.165) is 24.3 Å². The zero-order valence-electron chi connectivity index (χ0n) is 11.8. The first-order chi connectivity index (χ1) is 10.8. The van der Waals surface area contributed by atoms with Crippen molar-refractivity contribution in [3.8, 4) is 5.69 Å². The van der Waals surface area contributed by atoms with Gasteiger partial charge in [0, 0.05) is 31.0 Å². The molecule has 1 amide bonds. The van der Waals surface area contributed by atoms with Crippen LogP contribution in [0.4, 0.5) is 5.69 Å². The second-order valence-corrected chi connectivity index (χ2v) is 4.72. The summed E-state index contributed by atoms with van der Waals surface area (Å²) in [6.45, 7) is 0.735. The number of aromatic nitrogens is 6. The summed E-state index contributed by atoms with van der Waals surface area (Å²) >= 11 is 0. The van der Waals surface area contributed by atoms with Crippen LogP contribution in [0.1, 0.15) is 12.8 Å². The van der Waals surface area contributed by atoms with Crippen molar-refractivity contribution in [2.45, 2.75) is 19.4 Å². The first kappa shape index (κ1) is 13.9.